The van der Waals surface area contributed by atoms with Crippen molar-refractivity contribution in [2.45, 2.75) is 37.8 Å². The molecule has 1 aromatic heterocycles. The summed E-state index contributed by atoms with van der Waals surface area (Å²) in [6.07, 6.45) is 3.52. The van der Waals surface area contributed by atoms with Crippen LogP contribution in [-0.2, 0) is 26.1 Å². The first-order valence-electron chi connectivity index (χ1n) is 8.59. The molecule has 0 saturated heterocycles. The largest absolute Gasteiger partial charge is 0.468 e. The number of carbonyl (C=O) groups excluding carboxylic acids is 1. The first kappa shape index (κ1) is 20.9. The van der Waals surface area contributed by atoms with Gasteiger partial charge in [-0.05, 0) is 48.2 Å². The van der Waals surface area contributed by atoms with E-state index in [9.17, 15) is 13.2 Å². The maximum Gasteiger partial charge on any atom is 0.324 e. The van der Waals surface area contributed by atoms with Crippen molar-refractivity contribution < 1.29 is 17.9 Å². The Bertz CT molecular complexity index is 852. The van der Waals surface area contributed by atoms with Crippen molar-refractivity contribution in [3.8, 4) is 0 Å². The van der Waals surface area contributed by atoms with Crippen LogP contribution in [0.1, 0.15) is 25.8 Å². The van der Waals surface area contributed by atoms with Gasteiger partial charge in [0.1, 0.15) is 6.04 Å². The summed E-state index contributed by atoms with van der Waals surface area (Å²) in [5, 5.41) is 0. The van der Waals surface area contributed by atoms with E-state index in [1.54, 1.807) is 24.5 Å². The first-order chi connectivity index (χ1) is 12.8. The topological polar surface area (TPSA) is 103 Å². The SMILES string of the molecule is COC(=O)C(CC(C)C)N(Cc1cccnc1)S(=O)(=O)c1ccc(N)cc1. The number of sulfonamides is 1. The van der Waals surface area contributed by atoms with Crippen molar-refractivity contribution in [3.63, 3.8) is 0 Å². The highest BCUT2D eigenvalue weighted by atomic mass is 32.2. The molecular formula is C19H25N3O4S. The van der Waals surface area contributed by atoms with Crippen LogP contribution >= 0.6 is 0 Å². The normalized spacial score (nSPS) is 12.9. The zero-order valence-corrected chi connectivity index (χ0v) is 16.5. The van der Waals surface area contributed by atoms with Crippen molar-refractivity contribution in [2.75, 3.05) is 12.8 Å². The number of anilines is 1. The average Bonchev–Trinajstić information content (AvgIpc) is 2.64. The molecule has 8 heteroatoms. The molecule has 2 N–H and O–H groups in total. The Morgan fingerprint density at radius 3 is 2.41 bits per heavy atom. The Labute approximate surface area is 160 Å². The molecule has 0 aliphatic rings. The van der Waals surface area contributed by atoms with E-state index < -0.39 is 22.0 Å². The molecule has 1 atom stereocenters. The maximum absolute atomic E-state index is 13.3. The molecule has 0 aliphatic carbocycles. The van der Waals surface area contributed by atoms with E-state index in [4.69, 9.17) is 10.5 Å². The fraction of sp³-hybridized carbons (Fsp3) is 0.368. The minimum absolute atomic E-state index is 0.00698. The maximum atomic E-state index is 13.3. The number of ether oxygens (including phenoxy) is 1. The fourth-order valence-corrected chi connectivity index (χ4v) is 4.30. The summed E-state index contributed by atoms with van der Waals surface area (Å²) in [7, 11) is -2.71. The number of nitrogen functional groups attached to an aromatic ring is 1. The van der Waals surface area contributed by atoms with Crippen molar-refractivity contribution in [2.24, 2.45) is 5.92 Å². The Balaban J connectivity index is 2.53. The summed E-state index contributed by atoms with van der Waals surface area (Å²) in [4.78, 5) is 16.6. The highest BCUT2D eigenvalue weighted by Gasteiger charge is 2.37. The van der Waals surface area contributed by atoms with Crippen LogP contribution < -0.4 is 5.73 Å². The average molecular weight is 391 g/mol. The van der Waals surface area contributed by atoms with Crippen LogP contribution in [0.2, 0.25) is 0 Å². The molecule has 27 heavy (non-hydrogen) atoms. The summed E-state index contributed by atoms with van der Waals surface area (Å²) < 4.78 is 32.8. The molecule has 0 bridgehead atoms. The summed E-state index contributed by atoms with van der Waals surface area (Å²) in [6.45, 7) is 3.86. The Hall–Kier alpha value is -2.45. The van der Waals surface area contributed by atoms with Crippen LogP contribution in [0.3, 0.4) is 0 Å². The quantitative estimate of drug-likeness (QED) is 0.548. The number of aromatic nitrogens is 1. The van der Waals surface area contributed by atoms with Crippen LogP contribution in [0.15, 0.2) is 53.7 Å². The van der Waals surface area contributed by atoms with E-state index >= 15 is 0 Å². The van der Waals surface area contributed by atoms with E-state index in [1.807, 2.05) is 13.8 Å². The lowest BCUT2D eigenvalue weighted by Crippen LogP contribution is -2.45. The van der Waals surface area contributed by atoms with Gasteiger partial charge in [0, 0.05) is 24.6 Å². The molecule has 1 aromatic carbocycles. The summed E-state index contributed by atoms with van der Waals surface area (Å²) >= 11 is 0. The summed E-state index contributed by atoms with van der Waals surface area (Å²) in [6, 6.07) is 8.45. The molecule has 0 amide bonds. The molecule has 2 rings (SSSR count). The van der Waals surface area contributed by atoms with E-state index in [0.717, 1.165) is 0 Å². The number of carbonyl (C=O) groups is 1. The lowest BCUT2D eigenvalue weighted by atomic mass is 10.0. The Kier molecular flexibility index (Phi) is 6.92. The van der Waals surface area contributed by atoms with Gasteiger partial charge in [-0.15, -0.1) is 0 Å². The zero-order chi connectivity index (χ0) is 20.0. The highest BCUT2D eigenvalue weighted by molar-refractivity contribution is 7.89. The number of hydrogen-bond acceptors (Lipinski definition) is 6. The predicted octanol–water partition coefficient (Wildman–Crippen LogP) is 2.44. The van der Waals surface area contributed by atoms with E-state index in [0.29, 0.717) is 17.7 Å². The van der Waals surface area contributed by atoms with Crippen LogP contribution in [0, 0.1) is 5.92 Å². The minimum Gasteiger partial charge on any atom is -0.468 e. The van der Waals surface area contributed by atoms with Gasteiger partial charge >= 0.3 is 5.97 Å². The molecule has 146 valence electrons. The number of benzene rings is 1. The number of hydrogen-bond donors (Lipinski definition) is 1. The van der Waals surface area contributed by atoms with Gasteiger partial charge < -0.3 is 10.5 Å². The lowest BCUT2D eigenvalue weighted by Gasteiger charge is -2.30. The van der Waals surface area contributed by atoms with Gasteiger partial charge in [0.15, 0.2) is 0 Å². The van der Waals surface area contributed by atoms with Gasteiger partial charge in [0.25, 0.3) is 0 Å². The van der Waals surface area contributed by atoms with E-state index in [1.165, 1.54) is 35.7 Å². The van der Waals surface area contributed by atoms with Crippen molar-refractivity contribution in [1.29, 1.82) is 0 Å². The number of esters is 1. The van der Waals surface area contributed by atoms with Gasteiger partial charge in [-0.3, -0.25) is 9.78 Å². The zero-order valence-electron chi connectivity index (χ0n) is 15.7. The third kappa shape index (κ3) is 5.27. The number of nitrogens with zero attached hydrogens (tertiary/aromatic N) is 2. The van der Waals surface area contributed by atoms with Crippen LogP contribution in [-0.4, -0.2) is 36.8 Å². The molecule has 0 spiro atoms. The van der Waals surface area contributed by atoms with Gasteiger partial charge in [-0.1, -0.05) is 19.9 Å². The molecule has 1 heterocycles. The number of nitrogens with two attached hydrogens (primary N) is 1. The molecule has 0 fully saturated rings. The standard InChI is InChI=1S/C19H25N3O4S/c1-14(2)11-18(19(23)26-3)22(13-15-5-4-10-21-12-15)27(24,25)17-8-6-16(20)7-9-17/h4-10,12,14,18H,11,13,20H2,1-3H3. The smallest absolute Gasteiger partial charge is 0.324 e. The molecule has 0 radical (unpaired) electrons. The molecule has 1 unspecified atom stereocenters. The molecule has 0 aliphatic heterocycles. The highest BCUT2D eigenvalue weighted by Crippen LogP contribution is 2.25. The number of rotatable bonds is 8. The van der Waals surface area contributed by atoms with Crippen LogP contribution in [0.25, 0.3) is 0 Å². The van der Waals surface area contributed by atoms with Gasteiger partial charge in [0.05, 0.1) is 12.0 Å². The second-order valence-electron chi connectivity index (χ2n) is 6.65. The molecular weight excluding hydrogens is 366 g/mol. The third-order valence-corrected chi connectivity index (χ3v) is 5.93. The number of pyridine rings is 1. The Morgan fingerprint density at radius 2 is 1.89 bits per heavy atom. The third-order valence-electron chi connectivity index (χ3n) is 4.06. The van der Waals surface area contributed by atoms with Crippen molar-refractivity contribution in [1.82, 2.24) is 9.29 Å². The Morgan fingerprint density at radius 1 is 1.22 bits per heavy atom. The van der Waals surface area contributed by atoms with Gasteiger partial charge in [-0.2, -0.15) is 4.31 Å². The number of methoxy groups -OCH3 is 1. The van der Waals surface area contributed by atoms with Crippen molar-refractivity contribution in [3.05, 3.63) is 54.4 Å². The summed E-state index contributed by atoms with van der Waals surface area (Å²) in [5.74, 6) is -0.501. The van der Waals surface area contributed by atoms with Gasteiger partial charge in [0.2, 0.25) is 10.0 Å². The fourth-order valence-electron chi connectivity index (χ4n) is 2.72. The van der Waals surface area contributed by atoms with E-state index in [-0.39, 0.29) is 17.4 Å². The lowest BCUT2D eigenvalue weighted by molar-refractivity contribution is -0.145. The van der Waals surface area contributed by atoms with Gasteiger partial charge in [-0.25, -0.2) is 8.42 Å². The van der Waals surface area contributed by atoms with E-state index in [2.05, 4.69) is 4.98 Å². The molecule has 2 aromatic rings. The van der Waals surface area contributed by atoms with Crippen LogP contribution in [0.4, 0.5) is 5.69 Å². The minimum atomic E-state index is -3.97. The predicted molar refractivity (Wildman–Crippen MR) is 103 cm³/mol. The molecule has 0 saturated carbocycles. The monoisotopic (exact) mass is 391 g/mol. The first-order valence-corrected chi connectivity index (χ1v) is 10.0. The summed E-state index contributed by atoms with van der Waals surface area (Å²) in [5.41, 5.74) is 6.81. The molecule has 7 nitrogen and oxygen atoms in total. The second kappa shape index (κ2) is 8.96. The van der Waals surface area contributed by atoms with Crippen LogP contribution in [0.5, 0.6) is 0 Å². The second-order valence-corrected chi connectivity index (χ2v) is 8.54. The van der Waals surface area contributed by atoms with Crippen molar-refractivity contribution >= 4 is 21.7 Å².